The van der Waals surface area contributed by atoms with Gasteiger partial charge in [-0.3, -0.25) is 13.8 Å². The monoisotopic (exact) mass is 635 g/mol. The SMILES string of the molecule is COc1cc(OC)c(C=CC(=O)Nc2ccc(OC)c(SP(=O)(OCc3ccccc3)OCc3ccccc3)c2)c(OC)c1. The van der Waals surface area contributed by atoms with Crippen LogP contribution in [0.15, 0.2) is 102 Å². The molecule has 44 heavy (non-hydrogen) atoms. The van der Waals surface area contributed by atoms with Gasteiger partial charge in [-0.15, -0.1) is 0 Å². The third-order valence-corrected chi connectivity index (χ3v) is 9.78. The minimum Gasteiger partial charge on any atom is -0.496 e. The van der Waals surface area contributed by atoms with E-state index in [4.69, 9.17) is 28.0 Å². The first kappa shape index (κ1) is 32.7. The Hall–Kier alpha value is -4.21. The molecule has 0 heterocycles. The van der Waals surface area contributed by atoms with E-state index in [-0.39, 0.29) is 13.2 Å². The van der Waals surface area contributed by atoms with Crippen molar-refractivity contribution in [3.63, 3.8) is 0 Å². The Bertz CT molecular complexity index is 1540. The van der Waals surface area contributed by atoms with Crippen LogP contribution in [0.3, 0.4) is 0 Å². The second-order valence-electron chi connectivity index (χ2n) is 9.19. The van der Waals surface area contributed by atoms with Crippen molar-refractivity contribution in [3.8, 4) is 23.0 Å². The molecule has 0 saturated heterocycles. The van der Waals surface area contributed by atoms with Gasteiger partial charge in [-0.25, -0.2) is 4.57 Å². The number of amides is 1. The topological polar surface area (TPSA) is 102 Å². The molecule has 4 aromatic rings. The first-order valence-corrected chi connectivity index (χ1v) is 16.5. The maximum atomic E-state index is 14.1. The van der Waals surface area contributed by atoms with Gasteiger partial charge >= 0.3 is 6.80 Å². The molecule has 0 spiro atoms. The normalized spacial score (nSPS) is 11.3. The molecule has 1 amide bonds. The number of nitrogens with one attached hydrogen (secondary N) is 1. The highest BCUT2D eigenvalue weighted by Crippen LogP contribution is 2.66. The Morgan fingerprint density at radius 1 is 0.727 bits per heavy atom. The van der Waals surface area contributed by atoms with Crippen molar-refractivity contribution in [1.29, 1.82) is 0 Å². The van der Waals surface area contributed by atoms with E-state index in [1.807, 2.05) is 60.7 Å². The molecule has 4 aromatic carbocycles. The maximum Gasteiger partial charge on any atom is 0.394 e. The summed E-state index contributed by atoms with van der Waals surface area (Å²) < 4.78 is 47.7. The fraction of sp³-hybridized carbons (Fsp3) is 0.182. The van der Waals surface area contributed by atoms with Crippen LogP contribution in [0.5, 0.6) is 23.0 Å². The summed E-state index contributed by atoms with van der Waals surface area (Å²) >= 11 is 0.917. The zero-order chi connectivity index (χ0) is 31.4. The predicted molar refractivity (Wildman–Crippen MR) is 173 cm³/mol. The minimum atomic E-state index is -3.77. The number of anilines is 1. The summed E-state index contributed by atoms with van der Waals surface area (Å²) in [7, 11) is 6.10. The average molecular weight is 636 g/mol. The number of rotatable bonds is 15. The van der Waals surface area contributed by atoms with Gasteiger partial charge in [-0.1, -0.05) is 60.7 Å². The molecule has 11 heteroatoms. The van der Waals surface area contributed by atoms with Crippen molar-refractivity contribution in [3.05, 3.63) is 114 Å². The number of ether oxygens (including phenoxy) is 4. The van der Waals surface area contributed by atoms with Gasteiger partial charge in [-0.2, -0.15) is 0 Å². The number of hydrogen-bond acceptors (Lipinski definition) is 9. The molecule has 0 fully saturated rings. The van der Waals surface area contributed by atoms with E-state index < -0.39 is 12.7 Å². The highest BCUT2D eigenvalue weighted by atomic mass is 32.7. The quantitative estimate of drug-likeness (QED) is 0.103. The summed E-state index contributed by atoms with van der Waals surface area (Å²) in [6, 6.07) is 27.3. The van der Waals surface area contributed by atoms with Gasteiger partial charge in [0.05, 0.1) is 52.1 Å². The molecule has 1 N–H and O–H groups in total. The van der Waals surface area contributed by atoms with Gasteiger partial charge in [0.1, 0.15) is 23.0 Å². The number of carbonyl (C=O) groups is 1. The van der Waals surface area contributed by atoms with Crippen LogP contribution < -0.4 is 24.3 Å². The van der Waals surface area contributed by atoms with Crippen LogP contribution in [0.4, 0.5) is 5.69 Å². The van der Waals surface area contributed by atoms with Crippen LogP contribution in [-0.4, -0.2) is 34.3 Å². The number of benzene rings is 4. The molecule has 0 aliphatic carbocycles. The summed E-state index contributed by atoms with van der Waals surface area (Å²) in [5, 5.41) is 2.83. The van der Waals surface area contributed by atoms with Crippen molar-refractivity contribution in [2.75, 3.05) is 33.8 Å². The molecule has 9 nitrogen and oxygen atoms in total. The standard InChI is InChI=1S/C33H34NO8PS/c1-37-27-20-30(39-3)28(31(21-27)40-4)16-18-33(35)34-26-15-17-29(38-2)32(19-26)44-43(36,41-22-24-11-7-5-8-12-24)42-23-25-13-9-6-10-14-25/h5-21H,22-23H2,1-4H3,(H,34,35). The molecule has 0 aliphatic rings. The van der Waals surface area contributed by atoms with E-state index in [0.717, 1.165) is 22.5 Å². The molecule has 0 aromatic heterocycles. The van der Waals surface area contributed by atoms with Gasteiger partial charge in [0.15, 0.2) is 0 Å². The smallest absolute Gasteiger partial charge is 0.394 e. The zero-order valence-electron chi connectivity index (χ0n) is 24.9. The fourth-order valence-electron chi connectivity index (χ4n) is 4.03. The van der Waals surface area contributed by atoms with Crippen molar-refractivity contribution >= 4 is 35.8 Å². The van der Waals surface area contributed by atoms with E-state index >= 15 is 0 Å². The molecule has 0 atom stereocenters. The maximum absolute atomic E-state index is 14.1. The number of methoxy groups -OCH3 is 4. The molecular weight excluding hydrogens is 601 g/mol. The molecule has 0 unspecified atom stereocenters. The van der Waals surface area contributed by atoms with Crippen LogP contribution in [-0.2, 0) is 31.6 Å². The summed E-state index contributed by atoms with van der Waals surface area (Å²) in [6.07, 6.45) is 2.95. The van der Waals surface area contributed by atoms with Crippen LogP contribution in [0.2, 0.25) is 0 Å². The Morgan fingerprint density at radius 3 is 1.77 bits per heavy atom. The van der Waals surface area contributed by atoms with E-state index in [1.54, 1.807) is 43.5 Å². The second kappa shape index (κ2) is 16.0. The highest BCUT2D eigenvalue weighted by Gasteiger charge is 2.29. The Kier molecular flexibility index (Phi) is 11.9. The largest absolute Gasteiger partial charge is 0.496 e. The van der Waals surface area contributed by atoms with Crippen LogP contribution in [0, 0.1) is 0 Å². The summed E-state index contributed by atoms with van der Waals surface area (Å²) in [4.78, 5) is 13.4. The van der Waals surface area contributed by atoms with E-state index in [1.165, 1.54) is 27.4 Å². The molecule has 0 radical (unpaired) electrons. The molecule has 230 valence electrons. The van der Waals surface area contributed by atoms with Crippen molar-refractivity contribution in [2.24, 2.45) is 0 Å². The molecule has 0 bridgehead atoms. The predicted octanol–water partition coefficient (Wildman–Crippen LogP) is 8.01. The van der Waals surface area contributed by atoms with Gasteiger partial charge in [0.25, 0.3) is 0 Å². The lowest BCUT2D eigenvalue weighted by Gasteiger charge is -2.19. The third kappa shape index (κ3) is 9.14. The molecule has 0 saturated carbocycles. The Labute approximate surface area is 261 Å². The van der Waals surface area contributed by atoms with Crippen LogP contribution in [0.25, 0.3) is 6.08 Å². The van der Waals surface area contributed by atoms with Gasteiger partial charge in [0, 0.05) is 23.9 Å². The molecule has 0 aliphatic heterocycles. The van der Waals surface area contributed by atoms with E-state index in [2.05, 4.69) is 5.32 Å². The summed E-state index contributed by atoms with van der Waals surface area (Å²) in [5.41, 5.74) is 2.72. The highest BCUT2D eigenvalue weighted by molar-refractivity contribution is 8.55. The average Bonchev–Trinajstić information content (AvgIpc) is 3.06. The van der Waals surface area contributed by atoms with Gasteiger partial charge < -0.3 is 24.3 Å². The van der Waals surface area contributed by atoms with Gasteiger partial charge in [0.2, 0.25) is 5.91 Å². The van der Waals surface area contributed by atoms with Crippen LogP contribution in [0.1, 0.15) is 16.7 Å². The summed E-state index contributed by atoms with van der Waals surface area (Å²) in [6.45, 7) is -3.60. The lowest BCUT2D eigenvalue weighted by Crippen LogP contribution is -2.08. The van der Waals surface area contributed by atoms with Crippen LogP contribution >= 0.6 is 18.2 Å². The van der Waals surface area contributed by atoms with Crippen molar-refractivity contribution < 1.29 is 37.4 Å². The Morgan fingerprint density at radius 2 is 1.27 bits per heavy atom. The lowest BCUT2D eigenvalue weighted by atomic mass is 10.1. The minimum absolute atomic E-state index is 0.0850. The fourth-order valence-corrected chi connectivity index (χ4v) is 7.27. The number of carbonyl (C=O) groups excluding carboxylic acids is 1. The summed E-state index contributed by atoms with van der Waals surface area (Å²) in [5.74, 6) is 1.56. The van der Waals surface area contributed by atoms with Gasteiger partial charge in [-0.05, 0) is 46.8 Å². The number of hydrogen-bond donors (Lipinski definition) is 1. The molecule has 4 rings (SSSR count). The van der Waals surface area contributed by atoms with E-state index in [9.17, 15) is 9.36 Å². The lowest BCUT2D eigenvalue weighted by molar-refractivity contribution is -0.111. The van der Waals surface area contributed by atoms with Crippen molar-refractivity contribution in [1.82, 2.24) is 0 Å². The zero-order valence-corrected chi connectivity index (χ0v) is 26.6. The first-order chi connectivity index (χ1) is 21.4. The Balaban J connectivity index is 1.54. The van der Waals surface area contributed by atoms with Crippen molar-refractivity contribution in [2.45, 2.75) is 18.1 Å². The molecular formula is C33H34NO8PS. The first-order valence-electron chi connectivity index (χ1n) is 13.5. The third-order valence-electron chi connectivity index (χ3n) is 6.26. The van der Waals surface area contributed by atoms with E-state index in [0.29, 0.717) is 39.1 Å². The second-order valence-corrected chi connectivity index (χ2v) is 13.1.